The molecule has 0 spiro atoms. The van der Waals surface area contributed by atoms with E-state index in [0.717, 1.165) is 42.6 Å². The van der Waals surface area contributed by atoms with Crippen LogP contribution in [0.5, 0.6) is 5.75 Å². The SMILES string of the molecule is COc1cccc(C2C3=C(CCCC3=O)N(CCC(=O)O)C3=C2C(=O)CCC3)c1. The molecule has 0 bridgehead atoms. The summed E-state index contributed by atoms with van der Waals surface area (Å²) in [5.74, 6) is -0.467. The molecule has 0 saturated carbocycles. The third kappa shape index (κ3) is 3.48. The lowest BCUT2D eigenvalue weighted by Crippen LogP contribution is -2.39. The molecule has 152 valence electrons. The van der Waals surface area contributed by atoms with Crippen LogP contribution in [-0.4, -0.2) is 41.2 Å². The van der Waals surface area contributed by atoms with E-state index in [-0.39, 0.29) is 18.0 Å². The first-order valence-electron chi connectivity index (χ1n) is 10.2. The molecule has 4 rings (SSSR count). The summed E-state index contributed by atoms with van der Waals surface area (Å²) in [4.78, 5) is 39.3. The van der Waals surface area contributed by atoms with Crippen LogP contribution in [0.3, 0.4) is 0 Å². The fourth-order valence-corrected chi connectivity index (χ4v) is 4.85. The number of ketones is 2. The number of hydrogen-bond acceptors (Lipinski definition) is 5. The Hall–Kier alpha value is -2.89. The van der Waals surface area contributed by atoms with Crippen molar-refractivity contribution in [3.05, 3.63) is 52.4 Å². The molecular weight excluding hydrogens is 370 g/mol. The van der Waals surface area contributed by atoms with Crippen LogP contribution in [0.4, 0.5) is 0 Å². The largest absolute Gasteiger partial charge is 0.497 e. The predicted molar refractivity (Wildman–Crippen MR) is 106 cm³/mol. The Morgan fingerprint density at radius 1 is 1.07 bits per heavy atom. The average Bonchev–Trinajstić information content (AvgIpc) is 2.72. The highest BCUT2D eigenvalue weighted by Gasteiger charge is 2.43. The molecular formula is C23H25NO5. The molecule has 2 aliphatic carbocycles. The number of aliphatic carboxylic acids is 1. The fourth-order valence-electron chi connectivity index (χ4n) is 4.85. The second-order valence-electron chi connectivity index (χ2n) is 7.78. The number of benzene rings is 1. The molecule has 1 aliphatic heterocycles. The van der Waals surface area contributed by atoms with Crippen LogP contribution >= 0.6 is 0 Å². The average molecular weight is 395 g/mol. The van der Waals surface area contributed by atoms with Crippen molar-refractivity contribution in [3.63, 3.8) is 0 Å². The summed E-state index contributed by atoms with van der Waals surface area (Å²) < 4.78 is 5.38. The molecule has 0 amide bonds. The number of methoxy groups -OCH3 is 1. The maximum absolute atomic E-state index is 13.1. The molecule has 0 atom stereocenters. The molecule has 0 saturated heterocycles. The second kappa shape index (κ2) is 7.85. The topological polar surface area (TPSA) is 83.9 Å². The molecule has 0 unspecified atom stereocenters. The van der Waals surface area contributed by atoms with Gasteiger partial charge in [0.15, 0.2) is 11.6 Å². The molecule has 1 aromatic rings. The van der Waals surface area contributed by atoms with E-state index in [1.807, 2.05) is 29.2 Å². The van der Waals surface area contributed by atoms with Gasteiger partial charge in [-0.3, -0.25) is 14.4 Å². The van der Waals surface area contributed by atoms with E-state index < -0.39 is 11.9 Å². The van der Waals surface area contributed by atoms with Gasteiger partial charge in [0, 0.05) is 47.8 Å². The first kappa shape index (κ1) is 19.4. The van der Waals surface area contributed by atoms with Crippen LogP contribution in [0, 0.1) is 0 Å². The van der Waals surface area contributed by atoms with Gasteiger partial charge in [-0.2, -0.15) is 0 Å². The summed E-state index contributed by atoms with van der Waals surface area (Å²) >= 11 is 0. The van der Waals surface area contributed by atoms with Crippen LogP contribution in [0.2, 0.25) is 0 Å². The van der Waals surface area contributed by atoms with Crippen molar-refractivity contribution in [2.75, 3.05) is 13.7 Å². The predicted octanol–water partition coefficient (Wildman–Crippen LogP) is 3.58. The van der Waals surface area contributed by atoms with E-state index in [2.05, 4.69) is 0 Å². The number of Topliss-reactive ketones (excluding diaryl/α,β-unsaturated/α-hetero) is 2. The zero-order valence-corrected chi connectivity index (χ0v) is 16.6. The Kier molecular flexibility index (Phi) is 5.26. The zero-order valence-electron chi connectivity index (χ0n) is 16.6. The molecule has 1 heterocycles. The number of carboxylic acid groups (broad SMARTS) is 1. The van der Waals surface area contributed by atoms with Gasteiger partial charge in [0.2, 0.25) is 0 Å². The van der Waals surface area contributed by atoms with E-state index in [0.29, 0.717) is 36.3 Å². The normalized spacial score (nSPS) is 20.0. The summed E-state index contributed by atoms with van der Waals surface area (Å²) in [5, 5.41) is 9.22. The van der Waals surface area contributed by atoms with Crippen molar-refractivity contribution in [1.82, 2.24) is 4.90 Å². The van der Waals surface area contributed by atoms with Gasteiger partial charge in [-0.1, -0.05) is 12.1 Å². The van der Waals surface area contributed by atoms with Crippen molar-refractivity contribution in [1.29, 1.82) is 0 Å². The van der Waals surface area contributed by atoms with Crippen LogP contribution in [0.25, 0.3) is 0 Å². The van der Waals surface area contributed by atoms with E-state index in [1.54, 1.807) is 7.11 Å². The van der Waals surface area contributed by atoms with Crippen LogP contribution in [0.1, 0.15) is 56.4 Å². The van der Waals surface area contributed by atoms with Gasteiger partial charge in [-0.15, -0.1) is 0 Å². The number of hydrogen-bond donors (Lipinski definition) is 1. The lowest BCUT2D eigenvalue weighted by atomic mass is 9.71. The minimum absolute atomic E-state index is 0.0280. The number of allylic oxidation sites excluding steroid dienone is 4. The molecule has 0 radical (unpaired) electrons. The van der Waals surface area contributed by atoms with Crippen molar-refractivity contribution in [3.8, 4) is 5.75 Å². The molecule has 29 heavy (non-hydrogen) atoms. The number of carboxylic acids is 1. The molecule has 0 fully saturated rings. The Balaban J connectivity index is 1.91. The summed E-state index contributed by atoms with van der Waals surface area (Å²) in [6.07, 6.45) is 3.86. The third-order valence-corrected chi connectivity index (χ3v) is 6.06. The van der Waals surface area contributed by atoms with Crippen LogP contribution in [0.15, 0.2) is 46.8 Å². The van der Waals surface area contributed by atoms with Gasteiger partial charge >= 0.3 is 5.97 Å². The number of nitrogens with zero attached hydrogens (tertiary/aromatic N) is 1. The quantitative estimate of drug-likeness (QED) is 0.820. The Labute approximate surface area is 169 Å². The van der Waals surface area contributed by atoms with Crippen LogP contribution < -0.4 is 4.74 Å². The zero-order chi connectivity index (χ0) is 20.5. The van der Waals surface area contributed by atoms with Gasteiger partial charge in [-0.05, 0) is 43.4 Å². The highest BCUT2D eigenvalue weighted by Crippen LogP contribution is 2.49. The standard InChI is InChI=1S/C23H25NO5/c1-29-15-6-2-5-14(13-15)21-22-16(7-3-9-18(22)25)24(12-11-20(27)28)17-8-4-10-19(26)23(17)21/h2,5-6,13,21H,3-4,7-12H2,1H3,(H,27,28). The van der Waals surface area contributed by atoms with Crippen molar-refractivity contribution >= 4 is 17.5 Å². The summed E-state index contributed by atoms with van der Waals surface area (Å²) in [6, 6.07) is 7.57. The van der Waals surface area contributed by atoms with Gasteiger partial charge in [0.05, 0.1) is 13.5 Å². The molecule has 6 heteroatoms. The Bertz CT molecular complexity index is 898. The first-order valence-corrected chi connectivity index (χ1v) is 10.2. The molecule has 0 aromatic heterocycles. The lowest BCUT2D eigenvalue weighted by Gasteiger charge is -2.44. The third-order valence-electron chi connectivity index (χ3n) is 6.06. The lowest BCUT2D eigenvalue weighted by molar-refractivity contribution is -0.137. The van der Waals surface area contributed by atoms with E-state index in [9.17, 15) is 19.5 Å². The number of rotatable bonds is 5. The second-order valence-corrected chi connectivity index (χ2v) is 7.78. The Morgan fingerprint density at radius 3 is 2.24 bits per heavy atom. The minimum Gasteiger partial charge on any atom is -0.497 e. The van der Waals surface area contributed by atoms with E-state index >= 15 is 0 Å². The number of ether oxygens (including phenoxy) is 1. The summed E-state index contributed by atoms with van der Waals surface area (Å²) in [5.41, 5.74) is 4.04. The molecule has 3 aliphatic rings. The maximum atomic E-state index is 13.1. The van der Waals surface area contributed by atoms with Crippen molar-refractivity contribution in [2.45, 2.75) is 50.9 Å². The summed E-state index contributed by atoms with van der Waals surface area (Å²) in [7, 11) is 1.60. The fraction of sp³-hybridized carbons (Fsp3) is 0.435. The smallest absolute Gasteiger partial charge is 0.305 e. The van der Waals surface area contributed by atoms with Gasteiger partial charge < -0.3 is 14.7 Å². The highest BCUT2D eigenvalue weighted by atomic mass is 16.5. The van der Waals surface area contributed by atoms with Crippen molar-refractivity contribution < 1.29 is 24.2 Å². The van der Waals surface area contributed by atoms with E-state index in [1.165, 1.54) is 0 Å². The summed E-state index contributed by atoms with van der Waals surface area (Å²) in [6.45, 7) is 0.290. The highest BCUT2D eigenvalue weighted by molar-refractivity contribution is 6.06. The first-order chi connectivity index (χ1) is 14.0. The van der Waals surface area contributed by atoms with Gasteiger partial charge in [0.1, 0.15) is 5.75 Å². The Morgan fingerprint density at radius 2 is 1.69 bits per heavy atom. The van der Waals surface area contributed by atoms with Crippen molar-refractivity contribution in [2.24, 2.45) is 0 Å². The number of carbonyl (C=O) groups excluding carboxylic acids is 2. The molecule has 1 aromatic carbocycles. The molecule has 6 nitrogen and oxygen atoms in total. The van der Waals surface area contributed by atoms with Crippen LogP contribution in [-0.2, 0) is 14.4 Å². The number of carbonyl (C=O) groups is 3. The van der Waals surface area contributed by atoms with Gasteiger partial charge in [-0.25, -0.2) is 0 Å². The van der Waals surface area contributed by atoms with Gasteiger partial charge in [0.25, 0.3) is 0 Å². The maximum Gasteiger partial charge on any atom is 0.305 e. The monoisotopic (exact) mass is 395 g/mol. The minimum atomic E-state index is -0.881. The molecule has 1 N–H and O–H groups in total. The van der Waals surface area contributed by atoms with E-state index in [4.69, 9.17) is 4.74 Å².